The summed E-state index contributed by atoms with van der Waals surface area (Å²) in [5.74, 6) is -0.152. The van der Waals surface area contributed by atoms with Crippen molar-refractivity contribution in [2.24, 2.45) is 0 Å². The van der Waals surface area contributed by atoms with Gasteiger partial charge in [0.25, 0.3) is 15.9 Å². The van der Waals surface area contributed by atoms with E-state index in [1.54, 1.807) is 36.4 Å². The lowest BCUT2D eigenvalue weighted by Crippen LogP contribution is -2.48. The highest BCUT2D eigenvalue weighted by Gasteiger charge is 2.34. The highest BCUT2D eigenvalue weighted by atomic mass is 35.5. The van der Waals surface area contributed by atoms with Crippen LogP contribution in [0.5, 0.6) is 0 Å². The summed E-state index contributed by atoms with van der Waals surface area (Å²) >= 11 is 0. The third kappa shape index (κ3) is 4.66. The molecule has 2 bridgehead atoms. The van der Waals surface area contributed by atoms with Crippen molar-refractivity contribution in [2.75, 3.05) is 4.72 Å². The van der Waals surface area contributed by atoms with Gasteiger partial charge in [0, 0.05) is 29.4 Å². The largest absolute Gasteiger partial charge is 0.349 e. The standard InChI is InChI=1S/C20H23N3O3S.ClH/c24-20(22-18-12-16-8-9-17(13-18)21-16)14-6-10-19(11-7-14)27(25,26)23-15-4-2-1-3-5-15;/h1-7,10-11,16-18,21,23H,8-9,12-13H2,(H,22,24);1H. The van der Waals surface area contributed by atoms with Crippen molar-refractivity contribution in [1.29, 1.82) is 0 Å². The molecular formula is C20H24ClN3O3S. The zero-order valence-electron chi connectivity index (χ0n) is 15.3. The maximum Gasteiger partial charge on any atom is 0.261 e. The number of hydrogen-bond donors (Lipinski definition) is 3. The van der Waals surface area contributed by atoms with E-state index < -0.39 is 10.0 Å². The highest BCUT2D eigenvalue weighted by molar-refractivity contribution is 7.92. The van der Waals surface area contributed by atoms with Crippen LogP contribution in [0, 0.1) is 0 Å². The summed E-state index contributed by atoms with van der Waals surface area (Å²) in [4.78, 5) is 12.6. The number of piperidine rings is 1. The Labute approximate surface area is 171 Å². The molecule has 2 aliphatic heterocycles. The quantitative estimate of drug-likeness (QED) is 0.692. The SMILES string of the molecule is Cl.O=C(NC1CC2CCC(C1)N2)c1ccc(S(=O)(=O)Nc2ccccc2)cc1. The molecule has 2 aromatic carbocycles. The molecule has 0 aliphatic carbocycles. The summed E-state index contributed by atoms with van der Waals surface area (Å²) in [5, 5.41) is 6.64. The third-order valence-corrected chi connectivity index (χ3v) is 6.66. The molecule has 0 radical (unpaired) electrons. The van der Waals surface area contributed by atoms with E-state index in [9.17, 15) is 13.2 Å². The Morgan fingerprint density at radius 1 is 0.929 bits per heavy atom. The van der Waals surface area contributed by atoms with Crippen LogP contribution in [0.15, 0.2) is 59.5 Å². The van der Waals surface area contributed by atoms with E-state index in [1.807, 2.05) is 6.07 Å². The second-order valence-electron chi connectivity index (χ2n) is 7.28. The minimum atomic E-state index is -3.68. The van der Waals surface area contributed by atoms with Crippen LogP contribution in [0.4, 0.5) is 5.69 Å². The Morgan fingerprint density at radius 3 is 2.14 bits per heavy atom. The van der Waals surface area contributed by atoms with Crippen molar-refractivity contribution in [1.82, 2.24) is 10.6 Å². The first-order valence-corrected chi connectivity index (χ1v) is 10.7. The third-order valence-electron chi connectivity index (χ3n) is 5.26. The van der Waals surface area contributed by atoms with Gasteiger partial charge in [0.05, 0.1) is 4.90 Å². The van der Waals surface area contributed by atoms with Crippen molar-refractivity contribution >= 4 is 34.0 Å². The lowest BCUT2D eigenvalue weighted by atomic mass is 9.99. The molecule has 0 saturated carbocycles. The van der Waals surface area contributed by atoms with Crippen LogP contribution >= 0.6 is 12.4 Å². The summed E-state index contributed by atoms with van der Waals surface area (Å²) in [6, 6.07) is 16.0. The minimum absolute atomic E-state index is 0. The first-order chi connectivity index (χ1) is 13.0. The van der Waals surface area contributed by atoms with Crippen LogP contribution in [0.2, 0.25) is 0 Å². The van der Waals surface area contributed by atoms with E-state index in [1.165, 1.54) is 25.0 Å². The molecule has 2 aliphatic rings. The Morgan fingerprint density at radius 2 is 1.54 bits per heavy atom. The second-order valence-corrected chi connectivity index (χ2v) is 8.96. The molecule has 0 aromatic heterocycles. The van der Waals surface area contributed by atoms with Gasteiger partial charge >= 0.3 is 0 Å². The summed E-state index contributed by atoms with van der Waals surface area (Å²) in [6.45, 7) is 0. The lowest BCUT2D eigenvalue weighted by molar-refractivity contribution is 0.0924. The number of sulfonamides is 1. The molecule has 2 aromatic rings. The average molecular weight is 422 g/mol. The van der Waals surface area contributed by atoms with Crippen molar-refractivity contribution < 1.29 is 13.2 Å². The average Bonchev–Trinajstić information content (AvgIpc) is 3.00. The lowest BCUT2D eigenvalue weighted by Gasteiger charge is -2.29. The van der Waals surface area contributed by atoms with E-state index in [4.69, 9.17) is 0 Å². The molecule has 2 fully saturated rings. The molecule has 2 atom stereocenters. The van der Waals surface area contributed by atoms with E-state index in [2.05, 4.69) is 15.4 Å². The van der Waals surface area contributed by atoms with Crippen LogP contribution in [0.3, 0.4) is 0 Å². The molecule has 0 spiro atoms. The Hall–Kier alpha value is -2.09. The zero-order valence-corrected chi connectivity index (χ0v) is 16.9. The molecule has 8 heteroatoms. The van der Waals surface area contributed by atoms with E-state index in [-0.39, 0.29) is 29.3 Å². The van der Waals surface area contributed by atoms with Gasteiger partial charge in [-0.1, -0.05) is 18.2 Å². The molecule has 4 rings (SSSR count). The van der Waals surface area contributed by atoms with Crippen molar-refractivity contribution in [3.8, 4) is 0 Å². The predicted octanol–water partition coefficient (Wildman–Crippen LogP) is 2.92. The van der Waals surface area contributed by atoms with Crippen LogP contribution in [0.25, 0.3) is 0 Å². The first kappa shape index (κ1) is 20.6. The number of rotatable bonds is 5. The van der Waals surface area contributed by atoms with Crippen molar-refractivity contribution in [2.45, 2.75) is 48.7 Å². The molecule has 150 valence electrons. The van der Waals surface area contributed by atoms with E-state index in [0.29, 0.717) is 23.3 Å². The number of carbonyl (C=O) groups is 1. The van der Waals surface area contributed by atoms with Crippen LogP contribution in [0.1, 0.15) is 36.0 Å². The number of hydrogen-bond acceptors (Lipinski definition) is 4. The fourth-order valence-electron chi connectivity index (χ4n) is 3.95. The smallest absolute Gasteiger partial charge is 0.261 e. The monoisotopic (exact) mass is 421 g/mol. The molecule has 2 saturated heterocycles. The molecule has 2 unspecified atom stereocenters. The van der Waals surface area contributed by atoms with E-state index >= 15 is 0 Å². The van der Waals surface area contributed by atoms with Gasteiger partial charge in [0.1, 0.15) is 0 Å². The second kappa shape index (κ2) is 8.51. The molecule has 1 amide bonds. The number of amides is 1. The van der Waals surface area contributed by atoms with Gasteiger partial charge in [-0.25, -0.2) is 8.42 Å². The number of carbonyl (C=O) groups excluding carboxylic acids is 1. The van der Waals surface area contributed by atoms with Gasteiger partial charge in [-0.05, 0) is 62.1 Å². The minimum Gasteiger partial charge on any atom is -0.349 e. The topological polar surface area (TPSA) is 87.3 Å². The number of benzene rings is 2. The molecule has 2 heterocycles. The maximum absolute atomic E-state index is 12.5. The Balaban J connectivity index is 0.00000225. The number of anilines is 1. The van der Waals surface area contributed by atoms with Crippen LogP contribution in [-0.2, 0) is 10.0 Å². The van der Waals surface area contributed by atoms with Gasteiger partial charge in [-0.3, -0.25) is 9.52 Å². The fourth-order valence-corrected chi connectivity index (χ4v) is 5.01. The highest BCUT2D eigenvalue weighted by Crippen LogP contribution is 2.27. The zero-order chi connectivity index (χ0) is 18.9. The molecule has 3 N–H and O–H groups in total. The van der Waals surface area contributed by atoms with Gasteiger partial charge in [-0.2, -0.15) is 0 Å². The summed E-state index contributed by atoms with van der Waals surface area (Å²) in [6.07, 6.45) is 4.27. The summed E-state index contributed by atoms with van der Waals surface area (Å²) < 4.78 is 27.5. The normalized spacial score (nSPS) is 23.5. The maximum atomic E-state index is 12.5. The fraction of sp³-hybridized carbons (Fsp3) is 0.350. The molecule has 6 nitrogen and oxygen atoms in total. The van der Waals surface area contributed by atoms with Crippen LogP contribution in [-0.4, -0.2) is 32.5 Å². The van der Waals surface area contributed by atoms with Gasteiger partial charge < -0.3 is 10.6 Å². The van der Waals surface area contributed by atoms with Gasteiger partial charge in [-0.15, -0.1) is 12.4 Å². The first-order valence-electron chi connectivity index (χ1n) is 9.24. The van der Waals surface area contributed by atoms with Gasteiger partial charge in [0.15, 0.2) is 0 Å². The Kier molecular flexibility index (Phi) is 6.27. The van der Waals surface area contributed by atoms with Crippen molar-refractivity contribution in [3.63, 3.8) is 0 Å². The number of para-hydroxylation sites is 1. The number of halogens is 1. The molecular weight excluding hydrogens is 398 g/mol. The van der Waals surface area contributed by atoms with Gasteiger partial charge in [0.2, 0.25) is 0 Å². The molecule has 28 heavy (non-hydrogen) atoms. The number of nitrogens with one attached hydrogen (secondary N) is 3. The van der Waals surface area contributed by atoms with E-state index in [0.717, 1.165) is 12.8 Å². The summed E-state index contributed by atoms with van der Waals surface area (Å²) in [7, 11) is -3.68. The van der Waals surface area contributed by atoms with Crippen LogP contribution < -0.4 is 15.4 Å². The predicted molar refractivity (Wildman–Crippen MR) is 111 cm³/mol. The summed E-state index contributed by atoms with van der Waals surface area (Å²) in [5.41, 5.74) is 0.972. The number of fused-ring (bicyclic) bond motifs is 2. The Bertz CT molecular complexity index is 907. The van der Waals surface area contributed by atoms with Crippen molar-refractivity contribution in [3.05, 3.63) is 60.2 Å².